The standard InChI is InChI=1S/C25H28N2O5/c1-31-21-10-4-3-9-19(21)23-22(20(28)12-11-18-8-7-17-32-18)24(29)25(30)27(23)16-15-26-13-5-2-6-14-26/h3-4,7-12,17,23,29H,2,5-6,13-16H2,1H3/b12-11+. The number of allylic oxidation sites excluding steroid dienone is 1. The molecule has 1 saturated heterocycles. The number of amides is 1. The van der Waals surface area contributed by atoms with Crippen molar-refractivity contribution in [3.63, 3.8) is 0 Å². The molecule has 1 atom stereocenters. The van der Waals surface area contributed by atoms with Gasteiger partial charge in [0, 0.05) is 18.7 Å². The lowest BCUT2D eigenvalue weighted by molar-refractivity contribution is -0.129. The van der Waals surface area contributed by atoms with Gasteiger partial charge in [-0.15, -0.1) is 0 Å². The number of para-hydroxylation sites is 1. The van der Waals surface area contributed by atoms with Crippen LogP contribution in [0.15, 0.2) is 64.5 Å². The lowest BCUT2D eigenvalue weighted by Crippen LogP contribution is -2.40. The molecule has 7 nitrogen and oxygen atoms in total. The van der Waals surface area contributed by atoms with E-state index in [1.165, 1.54) is 24.8 Å². The second kappa shape index (κ2) is 9.87. The predicted octanol–water partition coefficient (Wildman–Crippen LogP) is 3.75. The molecule has 1 aromatic carbocycles. The summed E-state index contributed by atoms with van der Waals surface area (Å²) in [6.45, 7) is 3.09. The Morgan fingerprint density at radius 1 is 1.16 bits per heavy atom. The summed E-state index contributed by atoms with van der Waals surface area (Å²) in [4.78, 5) is 30.1. The first-order valence-corrected chi connectivity index (χ1v) is 11.0. The van der Waals surface area contributed by atoms with E-state index >= 15 is 0 Å². The van der Waals surface area contributed by atoms with Crippen molar-refractivity contribution in [2.24, 2.45) is 0 Å². The molecule has 7 heteroatoms. The molecular formula is C25H28N2O5. The zero-order valence-corrected chi connectivity index (χ0v) is 18.2. The number of hydrogen-bond donors (Lipinski definition) is 1. The monoisotopic (exact) mass is 436 g/mol. The number of ether oxygens (including phenoxy) is 1. The Bertz CT molecular complexity index is 1020. The predicted molar refractivity (Wildman–Crippen MR) is 120 cm³/mol. The fraction of sp³-hybridized carbons (Fsp3) is 0.360. The first-order valence-electron chi connectivity index (χ1n) is 11.0. The third kappa shape index (κ3) is 4.48. The van der Waals surface area contributed by atoms with Gasteiger partial charge in [-0.25, -0.2) is 0 Å². The number of aliphatic hydroxyl groups is 1. The highest BCUT2D eigenvalue weighted by Crippen LogP contribution is 2.41. The number of likely N-dealkylation sites (tertiary alicyclic amines) is 1. The third-order valence-corrected chi connectivity index (χ3v) is 6.05. The van der Waals surface area contributed by atoms with Gasteiger partial charge in [-0.2, -0.15) is 0 Å². The molecule has 4 rings (SSSR count). The van der Waals surface area contributed by atoms with Crippen LogP contribution in [-0.2, 0) is 9.59 Å². The van der Waals surface area contributed by atoms with Crippen molar-refractivity contribution in [2.75, 3.05) is 33.3 Å². The van der Waals surface area contributed by atoms with Gasteiger partial charge in [-0.1, -0.05) is 24.6 Å². The van der Waals surface area contributed by atoms with E-state index in [2.05, 4.69) is 4.90 Å². The number of hydrogen-bond acceptors (Lipinski definition) is 6. The molecule has 32 heavy (non-hydrogen) atoms. The summed E-state index contributed by atoms with van der Waals surface area (Å²) in [7, 11) is 1.55. The van der Waals surface area contributed by atoms with Crippen molar-refractivity contribution in [3.05, 3.63) is 71.4 Å². The van der Waals surface area contributed by atoms with Crippen molar-refractivity contribution in [1.82, 2.24) is 9.80 Å². The van der Waals surface area contributed by atoms with Gasteiger partial charge in [0.05, 0.1) is 25.0 Å². The maximum atomic E-state index is 13.2. The lowest BCUT2D eigenvalue weighted by Gasteiger charge is -2.32. The largest absolute Gasteiger partial charge is 0.503 e. The topological polar surface area (TPSA) is 83.2 Å². The smallest absolute Gasteiger partial charge is 0.290 e. The van der Waals surface area contributed by atoms with Crippen LogP contribution < -0.4 is 4.74 Å². The number of aliphatic hydroxyl groups excluding tert-OH is 1. The molecule has 0 saturated carbocycles. The fourth-order valence-electron chi connectivity index (χ4n) is 4.42. The highest BCUT2D eigenvalue weighted by atomic mass is 16.5. The van der Waals surface area contributed by atoms with E-state index in [1.807, 2.05) is 18.2 Å². The molecule has 0 spiro atoms. The Balaban J connectivity index is 1.66. The van der Waals surface area contributed by atoms with E-state index in [1.54, 1.807) is 30.2 Å². The average molecular weight is 437 g/mol. The number of carbonyl (C=O) groups excluding carboxylic acids is 2. The van der Waals surface area contributed by atoms with Crippen LogP contribution in [0.5, 0.6) is 5.75 Å². The zero-order chi connectivity index (χ0) is 22.5. The minimum absolute atomic E-state index is 0.0564. The number of piperidine rings is 1. The second-order valence-electron chi connectivity index (χ2n) is 8.02. The summed E-state index contributed by atoms with van der Waals surface area (Å²) >= 11 is 0. The number of benzene rings is 1. The van der Waals surface area contributed by atoms with Gasteiger partial charge in [-0.3, -0.25) is 9.59 Å². The molecule has 2 aliphatic heterocycles. The van der Waals surface area contributed by atoms with Crippen LogP contribution in [0, 0.1) is 0 Å². The summed E-state index contributed by atoms with van der Waals surface area (Å²) in [6, 6.07) is 10.0. The molecule has 1 fully saturated rings. The van der Waals surface area contributed by atoms with Crippen molar-refractivity contribution in [1.29, 1.82) is 0 Å². The number of furan rings is 1. The molecule has 1 unspecified atom stereocenters. The Morgan fingerprint density at radius 3 is 2.66 bits per heavy atom. The molecular weight excluding hydrogens is 408 g/mol. The van der Waals surface area contributed by atoms with Crippen LogP contribution in [-0.4, -0.2) is 59.9 Å². The van der Waals surface area contributed by atoms with Gasteiger partial charge in [0.15, 0.2) is 11.5 Å². The number of ketones is 1. The van der Waals surface area contributed by atoms with Gasteiger partial charge >= 0.3 is 0 Å². The lowest BCUT2D eigenvalue weighted by atomic mass is 9.95. The molecule has 1 N–H and O–H groups in total. The highest BCUT2D eigenvalue weighted by molar-refractivity contribution is 6.14. The van der Waals surface area contributed by atoms with Crippen molar-refractivity contribution >= 4 is 17.8 Å². The summed E-state index contributed by atoms with van der Waals surface area (Å²) in [6.07, 6.45) is 7.90. The molecule has 168 valence electrons. The quantitative estimate of drug-likeness (QED) is 0.635. The van der Waals surface area contributed by atoms with Crippen LogP contribution in [0.2, 0.25) is 0 Å². The van der Waals surface area contributed by atoms with Gasteiger partial charge in [0.1, 0.15) is 11.5 Å². The van der Waals surface area contributed by atoms with Gasteiger partial charge < -0.3 is 24.1 Å². The Hall–Kier alpha value is -3.32. The Kier molecular flexibility index (Phi) is 6.75. The maximum Gasteiger partial charge on any atom is 0.290 e. The molecule has 2 aliphatic rings. The van der Waals surface area contributed by atoms with E-state index in [-0.39, 0.29) is 5.57 Å². The summed E-state index contributed by atoms with van der Waals surface area (Å²) < 4.78 is 10.8. The van der Waals surface area contributed by atoms with E-state index < -0.39 is 23.5 Å². The molecule has 0 aliphatic carbocycles. The van der Waals surface area contributed by atoms with Gasteiger partial charge in [0.2, 0.25) is 0 Å². The van der Waals surface area contributed by atoms with Crippen LogP contribution >= 0.6 is 0 Å². The molecule has 0 radical (unpaired) electrons. The van der Waals surface area contributed by atoms with E-state index in [0.717, 1.165) is 25.9 Å². The second-order valence-corrected chi connectivity index (χ2v) is 8.02. The molecule has 0 bridgehead atoms. The van der Waals surface area contributed by atoms with Crippen molar-refractivity contribution in [3.8, 4) is 5.75 Å². The summed E-state index contributed by atoms with van der Waals surface area (Å²) in [5.41, 5.74) is 0.724. The van der Waals surface area contributed by atoms with Crippen LogP contribution in [0.1, 0.15) is 36.6 Å². The summed E-state index contributed by atoms with van der Waals surface area (Å²) in [5.74, 6) is -0.410. The molecule has 2 aromatic rings. The average Bonchev–Trinajstić information content (AvgIpc) is 3.43. The molecule has 3 heterocycles. The van der Waals surface area contributed by atoms with Crippen LogP contribution in [0.3, 0.4) is 0 Å². The normalized spacial score (nSPS) is 19.8. The van der Waals surface area contributed by atoms with Gasteiger partial charge in [-0.05, 0) is 56.3 Å². The van der Waals surface area contributed by atoms with Crippen LogP contribution in [0.4, 0.5) is 0 Å². The van der Waals surface area contributed by atoms with E-state index in [9.17, 15) is 14.7 Å². The molecule has 1 aromatic heterocycles. The van der Waals surface area contributed by atoms with Crippen molar-refractivity contribution in [2.45, 2.75) is 25.3 Å². The Morgan fingerprint density at radius 2 is 1.94 bits per heavy atom. The number of methoxy groups -OCH3 is 1. The third-order valence-electron chi connectivity index (χ3n) is 6.05. The number of rotatable bonds is 8. The number of carbonyl (C=O) groups is 2. The SMILES string of the molecule is COc1ccccc1C1C(C(=O)/C=C/c2ccco2)=C(O)C(=O)N1CCN1CCCCC1. The summed E-state index contributed by atoms with van der Waals surface area (Å²) in [5, 5.41) is 10.7. The van der Waals surface area contributed by atoms with Crippen molar-refractivity contribution < 1.29 is 23.8 Å². The zero-order valence-electron chi connectivity index (χ0n) is 18.2. The maximum absolute atomic E-state index is 13.2. The minimum Gasteiger partial charge on any atom is -0.503 e. The van der Waals surface area contributed by atoms with E-state index in [0.29, 0.717) is 30.2 Å². The number of nitrogens with zero attached hydrogens (tertiary/aromatic N) is 2. The van der Waals surface area contributed by atoms with Crippen LogP contribution in [0.25, 0.3) is 6.08 Å². The molecule has 1 amide bonds. The fourth-order valence-corrected chi connectivity index (χ4v) is 4.42. The Labute approximate surface area is 187 Å². The minimum atomic E-state index is -0.725. The van der Waals surface area contributed by atoms with Gasteiger partial charge in [0.25, 0.3) is 5.91 Å². The highest BCUT2D eigenvalue weighted by Gasteiger charge is 2.43. The first-order chi connectivity index (χ1) is 15.6. The van der Waals surface area contributed by atoms with E-state index in [4.69, 9.17) is 9.15 Å². The first kappa shape index (κ1) is 21.9.